The topological polar surface area (TPSA) is 51.2 Å². The summed E-state index contributed by atoms with van der Waals surface area (Å²) in [6, 6.07) is 13.4. The van der Waals surface area contributed by atoms with Crippen molar-refractivity contribution in [3.63, 3.8) is 0 Å². The summed E-state index contributed by atoms with van der Waals surface area (Å²) in [7, 11) is 0. The van der Waals surface area contributed by atoms with Crippen LogP contribution in [0.1, 0.15) is 20.4 Å². The predicted octanol–water partition coefficient (Wildman–Crippen LogP) is 5.08. The van der Waals surface area contributed by atoms with Crippen molar-refractivity contribution in [1.29, 1.82) is 0 Å². The number of ether oxygens (including phenoxy) is 1. The number of aryl methyl sites for hydroxylation is 1. The zero-order valence-electron chi connectivity index (χ0n) is 13.3. The lowest BCUT2D eigenvalue weighted by molar-refractivity contribution is 0.103. The zero-order chi connectivity index (χ0) is 17.8. The summed E-state index contributed by atoms with van der Waals surface area (Å²) < 4.78 is 18.8. The SMILES string of the molecule is Cc1nc(COc2ccccc2)sc1C(=O)Nc1ccc(F)c(Cl)c1. The van der Waals surface area contributed by atoms with Crippen molar-refractivity contribution in [1.82, 2.24) is 4.98 Å². The number of thiazole rings is 1. The molecule has 0 atom stereocenters. The van der Waals surface area contributed by atoms with Gasteiger partial charge >= 0.3 is 0 Å². The molecular formula is C18H14ClFN2O2S. The van der Waals surface area contributed by atoms with E-state index in [9.17, 15) is 9.18 Å². The molecule has 1 amide bonds. The van der Waals surface area contributed by atoms with Gasteiger partial charge < -0.3 is 10.1 Å². The molecule has 0 fully saturated rings. The van der Waals surface area contributed by atoms with Gasteiger partial charge in [0.25, 0.3) is 5.91 Å². The first kappa shape index (κ1) is 17.4. The number of carbonyl (C=O) groups is 1. The monoisotopic (exact) mass is 376 g/mol. The number of halogens is 2. The molecular weight excluding hydrogens is 363 g/mol. The second kappa shape index (κ2) is 7.63. The van der Waals surface area contributed by atoms with Crippen molar-refractivity contribution in [3.05, 3.63) is 74.9 Å². The molecule has 0 aliphatic rings. The van der Waals surface area contributed by atoms with Crippen molar-refractivity contribution in [2.75, 3.05) is 5.32 Å². The van der Waals surface area contributed by atoms with Crippen LogP contribution in [0.25, 0.3) is 0 Å². The molecule has 0 spiro atoms. The van der Waals surface area contributed by atoms with Gasteiger partial charge in [0.2, 0.25) is 0 Å². The number of nitrogens with zero attached hydrogens (tertiary/aromatic N) is 1. The van der Waals surface area contributed by atoms with Crippen molar-refractivity contribution in [3.8, 4) is 5.75 Å². The molecule has 0 aliphatic carbocycles. The summed E-state index contributed by atoms with van der Waals surface area (Å²) >= 11 is 6.98. The summed E-state index contributed by atoms with van der Waals surface area (Å²) in [5.41, 5.74) is 1.04. The highest BCUT2D eigenvalue weighted by Gasteiger charge is 2.16. The van der Waals surface area contributed by atoms with Crippen LogP contribution in [0.4, 0.5) is 10.1 Å². The van der Waals surface area contributed by atoms with E-state index in [1.54, 1.807) is 6.92 Å². The lowest BCUT2D eigenvalue weighted by Crippen LogP contribution is -2.11. The molecule has 0 unspecified atom stereocenters. The average Bonchev–Trinajstić information content (AvgIpc) is 2.98. The standard InChI is InChI=1S/C18H14ClFN2O2S/c1-11-17(18(23)22-12-7-8-15(20)14(19)9-12)25-16(21-11)10-24-13-5-3-2-4-6-13/h2-9H,10H2,1H3,(H,22,23). The molecule has 0 saturated heterocycles. The van der Waals surface area contributed by atoms with Crippen molar-refractivity contribution < 1.29 is 13.9 Å². The number of amides is 1. The Bertz CT molecular complexity index is 899. The Hall–Kier alpha value is -2.44. The Morgan fingerprint density at radius 2 is 2.04 bits per heavy atom. The van der Waals surface area contributed by atoms with E-state index in [1.165, 1.54) is 29.5 Å². The second-order valence-electron chi connectivity index (χ2n) is 5.21. The number of aromatic nitrogens is 1. The Morgan fingerprint density at radius 1 is 1.28 bits per heavy atom. The van der Waals surface area contributed by atoms with E-state index >= 15 is 0 Å². The van der Waals surface area contributed by atoms with Gasteiger partial charge in [-0.05, 0) is 37.3 Å². The summed E-state index contributed by atoms with van der Waals surface area (Å²) in [4.78, 5) is 17.2. The van der Waals surface area contributed by atoms with Gasteiger partial charge in [0.15, 0.2) is 0 Å². The van der Waals surface area contributed by atoms with Gasteiger partial charge in [0, 0.05) is 5.69 Å². The normalized spacial score (nSPS) is 10.5. The third-order valence-electron chi connectivity index (χ3n) is 3.33. The Balaban J connectivity index is 1.68. The summed E-state index contributed by atoms with van der Waals surface area (Å²) in [6.45, 7) is 2.04. The lowest BCUT2D eigenvalue weighted by Gasteiger charge is -2.05. The molecule has 0 saturated carbocycles. The molecule has 128 valence electrons. The van der Waals surface area contributed by atoms with Gasteiger partial charge in [-0.1, -0.05) is 29.8 Å². The highest BCUT2D eigenvalue weighted by molar-refractivity contribution is 7.13. The number of hydrogen-bond donors (Lipinski definition) is 1. The zero-order valence-corrected chi connectivity index (χ0v) is 14.8. The molecule has 25 heavy (non-hydrogen) atoms. The third-order valence-corrected chi connectivity index (χ3v) is 4.75. The molecule has 7 heteroatoms. The van der Waals surface area contributed by atoms with Gasteiger partial charge in [-0.25, -0.2) is 9.37 Å². The molecule has 0 bridgehead atoms. The van der Waals surface area contributed by atoms with Crippen molar-refractivity contribution in [2.45, 2.75) is 13.5 Å². The number of anilines is 1. The fourth-order valence-corrected chi connectivity index (χ4v) is 3.20. The fourth-order valence-electron chi connectivity index (χ4n) is 2.15. The molecule has 3 rings (SSSR count). The van der Waals surface area contributed by atoms with E-state index in [1.807, 2.05) is 30.3 Å². The second-order valence-corrected chi connectivity index (χ2v) is 6.70. The van der Waals surface area contributed by atoms with Gasteiger partial charge in [-0.3, -0.25) is 4.79 Å². The maximum absolute atomic E-state index is 13.2. The minimum absolute atomic E-state index is 0.0456. The molecule has 2 aromatic carbocycles. The van der Waals surface area contributed by atoms with Crippen LogP contribution in [0, 0.1) is 12.7 Å². The molecule has 4 nitrogen and oxygen atoms in total. The van der Waals surface area contributed by atoms with Gasteiger partial charge in [0.05, 0.1) is 10.7 Å². The van der Waals surface area contributed by atoms with Gasteiger partial charge in [-0.15, -0.1) is 11.3 Å². The fraction of sp³-hybridized carbons (Fsp3) is 0.111. The van der Waals surface area contributed by atoms with E-state index in [0.29, 0.717) is 21.3 Å². The minimum Gasteiger partial charge on any atom is -0.486 e. The first-order valence-corrected chi connectivity index (χ1v) is 8.63. The molecule has 3 aromatic rings. The van der Waals surface area contributed by atoms with Crippen LogP contribution in [0.2, 0.25) is 5.02 Å². The average molecular weight is 377 g/mol. The maximum Gasteiger partial charge on any atom is 0.267 e. The third kappa shape index (κ3) is 4.35. The number of nitrogens with one attached hydrogen (secondary N) is 1. The molecule has 1 heterocycles. The smallest absolute Gasteiger partial charge is 0.267 e. The number of benzene rings is 2. The number of para-hydroxylation sites is 1. The van der Waals surface area contributed by atoms with E-state index < -0.39 is 5.82 Å². The molecule has 0 aliphatic heterocycles. The van der Waals surface area contributed by atoms with Gasteiger partial charge in [-0.2, -0.15) is 0 Å². The highest BCUT2D eigenvalue weighted by atomic mass is 35.5. The predicted molar refractivity (Wildman–Crippen MR) is 97.0 cm³/mol. The van der Waals surface area contributed by atoms with Crippen LogP contribution in [0.3, 0.4) is 0 Å². The van der Waals surface area contributed by atoms with Crippen molar-refractivity contribution in [2.24, 2.45) is 0 Å². The van der Waals surface area contributed by atoms with Crippen LogP contribution in [-0.4, -0.2) is 10.9 Å². The van der Waals surface area contributed by atoms with E-state index in [2.05, 4.69) is 10.3 Å². The Morgan fingerprint density at radius 3 is 2.76 bits per heavy atom. The molecule has 0 radical (unpaired) electrons. The van der Waals surface area contributed by atoms with Crippen LogP contribution < -0.4 is 10.1 Å². The first-order valence-electron chi connectivity index (χ1n) is 7.43. The largest absolute Gasteiger partial charge is 0.486 e. The van der Waals surface area contributed by atoms with E-state index in [4.69, 9.17) is 16.3 Å². The van der Waals surface area contributed by atoms with Crippen LogP contribution in [0.15, 0.2) is 48.5 Å². The number of carbonyl (C=O) groups excluding carboxylic acids is 1. The van der Waals surface area contributed by atoms with Crippen LogP contribution in [0.5, 0.6) is 5.75 Å². The Kier molecular flexibility index (Phi) is 5.31. The summed E-state index contributed by atoms with van der Waals surface area (Å²) in [5, 5.41) is 3.35. The first-order chi connectivity index (χ1) is 12.0. The number of hydrogen-bond acceptors (Lipinski definition) is 4. The number of rotatable bonds is 5. The van der Waals surface area contributed by atoms with E-state index in [-0.39, 0.29) is 17.5 Å². The lowest BCUT2D eigenvalue weighted by atomic mass is 10.3. The minimum atomic E-state index is -0.533. The van der Waals surface area contributed by atoms with E-state index in [0.717, 1.165) is 5.75 Å². The summed E-state index contributed by atoms with van der Waals surface area (Å²) in [5.74, 6) is -0.111. The van der Waals surface area contributed by atoms with Gasteiger partial charge in [0.1, 0.15) is 28.1 Å². The maximum atomic E-state index is 13.2. The van der Waals surface area contributed by atoms with Crippen LogP contribution >= 0.6 is 22.9 Å². The Labute approximate surface area is 153 Å². The van der Waals surface area contributed by atoms with Crippen molar-refractivity contribution >= 4 is 34.5 Å². The highest BCUT2D eigenvalue weighted by Crippen LogP contribution is 2.23. The quantitative estimate of drug-likeness (QED) is 0.675. The molecule has 1 aromatic heterocycles. The molecule has 1 N–H and O–H groups in total. The summed E-state index contributed by atoms with van der Waals surface area (Å²) in [6.07, 6.45) is 0. The van der Waals surface area contributed by atoms with Crippen LogP contribution in [-0.2, 0) is 6.61 Å².